The molecule has 0 aliphatic carbocycles. The van der Waals surface area contributed by atoms with Gasteiger partial charge in [0.25, 0.3) is 5.91 Å². The van der Waals surface area contributed by atoms with Crippen LogP contribution in [0.5, 0.6) is 11.5 Å². The monoisotopic (exact) mass is 319 g/mol. The minimum atomic E-state index is -0.181. The lowest BCUT2D eigenvalue weighted by Crippen LogP contribution is -2.26. The molecule has 0 heterocycles. The number of allylic oxidation sites excluding steroid dienone is 2. The molecule has 0 spiro atoms. The molecular formula is C18H25NO4. The van der Waals surface area contributed by atoms with Gasteiger partial charge >= 0.3 is 0 Å². The Balaban J connectivity index is 2.32. The van der Waals surface area contributed by atoms with E-state index >= 15 is 0 Å². The molecule has 1 N–H and O–H groups in total. The third kappa shape index (κ3) is 7.49. The molecule has 5 heteroatoms. The van der Waals surface area contributed by atoms with E-state index in [2.05, 4.69) is 31.5 Å². The first kappa shape index (κ1) is 18.7. The maximum atomic E-state index is 11.7. The molecule has 1 amide bonds. The van der Waals surface area contributed by atoms with Crippen LogP contribution >= 0.6 is 0 Å². The van der Waals surface area contributed by atoms with Gasteiger partial charge in [-0.2, -0.15) is 5.48 Å². The second kappa shape index (κ2) is 10.4. The maximum absolute atomic E-state index is 11.7. The minimum absolute atomic E-state index is 0.181. The Morgan fingerprint density at radius 2 is 2.04 bits per heavy atom. The molecule has 0 bridgehead atoms. The Hall–Kier alpha value is -2.30. The number of aldehydes is 1. The van der Waals surface area contributed by atoms with Crippen LogP contribution in [0.25, 0.3) is 0 Å². The van der Waals surface area contributed by atoms with Crippen LogP contribution in [0.15, 0.2) is 30.4 Å². The van der Waals surface area contributed by atoms with E-state index in [4.69, 9.17) is 9.57 Å². The number of ether oxygens (including phenoxy) is 1. The van der Waals surface area contributed by atoms with Crippen molar-refractivity contribution in [2.45, 2.75) is 39.5 Å². The number of amides is 1. The third-order valence-corrected chi connectivity index (χ3v) is 3.14. The van der Waals surface area contributed by atoms with Crippen LogP contribution in [0.4, 0.5) is 0 Å². The number of carbonyl (C=O) groups is 2. The molecular weight excluding hydrogens is 294 g/mol. The summed E-state index contributed by atoms with van der Waals surface area (Å²) in [6.07, 6.45) is 8.19. The lowest BCUT2D eigenvalue weighted by atomic mass is 10.1. The van der Waals surface area contributed by atoms with Crippen molar-refractivity contribution in [3.63, 3.8) is 0 Å². The molecule has 0 fully saturated rings. The summed E-state index contributed by atoms with van der Waals surface area (Å²) in [5.74, 6) is 1.15. The third-order valence-electron chi connectivity index (χ3n) is 3.14. The SMILES string of the molecule is COc1cc(C=O)ccc1ONC(=O)CCCCC=CC(C)C. The molecule has 1 aromatic rings. The van der Waals surface area contributed by atoms with E-state index in [0.717, 1.165) is 25.5 Å². The van der Waals surface area contributed by atoms with Gasteiger partial charge in [-0.05, 0) is 43.4 Å². The Morgan fingerprint density at radius 3 is 2.70 bits per heavy atom. The molecule has 0 aliphatic heterocycles. The molecule has 23 heavy (non-hydrogen) atoms. The first-order chi connectivity index (χ1) is 11.1. The summed E-state index contributed by atoms with van der Waals surface area (Å²) < 4.78 is 5.12. The van der Waals surface area contributed by atoms with E-state index in [0.29, 0.717) is 29.4 Å². The lowest BCUT2D eigenvalue weighted by Gasteiger charge is -2.10. The van der Waals surface area contributed by atoms with E-state index in [-0.39, 0.29) is 5.91 Å². The maximum Gasteiger partial charge on any atom is 0.252 e. The van der Waals surface area contributed by atoms with Crippen molar-refractivity contribution in [1.82, 2.24) is 5.48 Å². The molecule has 0 saturated carbocycles. The van der Waals surface area contributed by atoms with E-state index in [1.165, 1.54) is 7.11 Å². The Kier molecular flexibility index (Phi) is 8.50. The van der Waals surface area contributed by atoms with Crippen LogP contribution in [0, 0.1) is 5.92 Å². The van der Waals surface area contributed by atoms with Crippen molar-refractivity contribution in [1.29, 1.82) is 0 Å². The zero-order chi connectivity index (χ0) is 17.1. The van der Waals surface area contributed by atoms with Crippen molar-refractivity contribution in [2.75, 3.05) is 7.11 Å². The molecule has 0 aliphatic rings. The number of hydrogen-bond donors (Lipinski definition) is 1. The second-order valence-corrected chi connectivity index (χ2v) is 5.57. The first-order valence-corrected chi connectivity index (χ1v) is 7.82. The highest BCUT2D eigenvalue weighted by Crippen LogP contribution is 2.26. The summed E-state index contributed by atoms with van der Waals surface area (Å²) in [7, 11) is 1.48. The van der Waals surface area contributed by atoms with Gasteiger partial charge in [-0.25, -0.2) is 0 Å². The van der Waals surface area contributed by atoms with Crippen LogP contribution in [-0.2, 0) is 4.79 Å². The van der Waals surface area contributed by atoms with Gasteiger partial charge < -0.3 is 9.57 Å². The Labute approximate surface area is 137 Å². The normalized spacial score (nSPS) is 10.8. The summed E-state index contributed by atoms with van der Waals surface area (Å²) in [4.78, 5) is 27.7. The van der Waals surface area contributed by atoms with Crippen LogP contribution in [0.1, 0.15) is 49.9 Å². The fraction of sp³-hybridized carbons (Fsp3) is 0.444. The number of nitrogens with one attached hydrogen (secondary N) is 1. The minimum Gasteiger partial charge on any atom is -0.493 e. The number of hydroxylamine groups is 1. The largest absolute Gasteiger partial charge is 0.493 e. The van der Waals surface area contributed by atoms with Crippen molar-refractivity contribution in [2.24, 2.45) is 5.92 Å². The number of hydrogen-bond acceptors (Lipinski definition) is 4. The Morgan fingerprint density at radius 1 is 1.26 bits per heavy atom. The van der Waals surface area contributed by atoms with E-state index in [1.807, 2.05) is 0 Å². The highest BCUT2D eigenvalue weighted by molar-refractivity contribution is 5.77. The molecule has 0 aromatic heterocycles. The van der Waals surface area contributed by atoms with Gasteiger partial charge in [-0.3, -0.25) is 9.59 Å². The highest BCUT2D eigenvalue weighted by atomic mass is 16.7. The zero-order valence-corrected chi connectivity index (χ0v) is 14.0. The van der Waals surface area contributed by atoms with Crippen molar-refractivity contribution < 1.29 is 19.2 Å². The molecule has 0 radical (unpaired) electrons. The number of rotatable bonds is 10. The predicted octanol–water partition coefficient (Wildman–Crippen LogP) is 3.69. The van der Waals surface area contributed by atoms with Crippen molar-refractivity contribution in [3.8, 4) is 11.5 Å². The molecule has 0 saturated heterocycles. The predicted molar refractivity (Wildman–Crippen MR) is 89.6 cm³/mol. The fourth-order valence-electron chi connectivity index (χ4n) is 1.92. The summed E-state index contributed by atoms with van der Waals surface area (Å²) in [5.41, 5.74) is 2.88. The molecule has 5 nitrogen and oxygen atoms in total. The summed E-state index contributed by atoms with van der Waals surface area (Å²) >= 11 is 0. The van der Waals surface area contributed by atoms with Gasteiger partial charge in [0, 0.05) is 12.0 Å². The smallest absolute Gasteiger partial charge is 0.252 e. The highest BCUT2D eigenvalue weighted by Gasteiger charge is 2.08. The molecule has 126 valence electrons. The number of benzene rings is 1. The van der Waals surface area contributed by atoms with Gasteiger partial charge in [0.15, 0.2) is 11.5 Å². The number of methoxy groups -OCH3 is 1. The lowest BCUT2D eigenvalue weighted by molar-refractivity contribution is -0.127. The summed E-state index contributed by atoms with van der Waals surface area (Å²) in [5, 5.41) is 0. The Bertz CT molecular complexity index is 538. The zero-order valence-electron chi connectivity index (χ0n) is 14.0. The van der Waals surface area contributed by atoms with E-state index in [9.17, 15) is 9.59 Å². The average molecular weight is 319 g/mol. The fourth-order valence-corrected chi connectivity index (χ4v) is 1.92. The van der Waals surface area contributed by atoms with Gasteiger partial charge in [-0.1, -0.05) is 26.0 Å². The van der Waals surface area contributed by atoms with Crippen molar-refractivity contribution in [3.05, 3.63) is 35.9 Å². The van der Waals surface area contributed by atoms with Gasteiger partial charge in [0.05, 0.1) is 7.11 Å². The topological polar surface area (TPSA) is 64.6 Å². The summed E-state index contributed by atoms with van der Waals surface area (Å²) in [6, 6.07) is 4.73. The van der Waals surface area contributed by atoms with Crippen LogP contribution in [0.2, 0.25) is 0 Å². The van der Waals surface area contributed by atoms with Gasteiger partial charge in [0.1, 0.15) is 6.29 Å². The first-order valence-electron chi connectivity index (χ1n) is 7.82. The second-order valence-electron chi connectivity index (χ2n) is 5.57. The van der Waals surface area contributed by atoms with E-state index in [1.54, 1.807) is 18.2 Å². The van der Waals surface area contributed by atoms with Crippen LogP contribution in [0.3, 0.4) is 0 Å². The summed E-state index contributed by atoms with van der Waals surface area (Å²) in [6.45, 7) is 4.27. The average Bonchev–Trinajstić information content (AvgIpc) is 2.55. The quantitative estimate of drug-likeness (QED) is 0.309. The standard InChI is InChI=1S/C18H25NO4/c1-14(2)8-6-4-5-7-9-18(21)19-23-16-11-10-15(13-20)12-17(16)22-3/h6,8,10-14H,4-5,7,9H2,1-3H3,(H,19,21). The van der Waals surface area contributed by atoms with Crippen LogP contribution < -0.4 is 15.1 Å². The molecule has 1 aromatic carbocycles. The molecule has 0 atom stereocenters. The molecule has 0 unspecified atom stereocenters. The number of unbranched alkanes of at least 4 members (excludes halogenated alkanes) is 2. The van der Waals surface area contributed by atoms with Gasteiger partial charge in [0.2, 0.25) is 0 Å². The molecule has 1 rings (SSSR count). The van der Waals surface area contributed by atoms with Gasteiger partial charge in [-0.15, -0.1) is 0 Å². The number of carbonyl (C=O) groups excluding carboxylic acids is 2. The van der Waals surface area contributed by atoms with E-state index < -0.39 is 0 Å². The van der Waals surface area contributed by atoms with Crippen molar-refractivity contribution >= 4 is 12.2 Å². The van der Waals surface area contributed by atoms with Crippen LogP contribution in [-0.4, -0.2) is 19.3 Å².